The van der Waals surface area contributed by atoms with E-state index in [-0.39, 0.29) is 5.75 Å². The molecule has 0 unspecified atom stereocenters. The van der Waals surface area contributed by atoms with Crippen LogP contribution in [0.1, 0.15) is 11.1 Å². The maximum Gasteiger partial charge on any atom is 0.135 e. The Balaban J connectivity index is 1.21. The summed E-state index contributed by atoms with van der Waals surface area (Å²) in [5, 5.41) is 21.8. The van der Waals surface area contributed by atoms with Crippen LogP contribution in [0, 0.1) is 5.82 Å². The van der Waals surface area contributed by atoms with Gasteiger partial charge in [0, 0.05) is 54.3 Å². The van der Waals surface area contributed by atoms with E-state index in [1.807, 2.05) is 48.8 Å². The van der Waals surface area contributed by atoms with E-state index in [1.165, 1.54) is 17.7 Å². The monoisotopic (exact) mass is 541 g/mol. The maximum absolute atomic E-state index is 14.0. The van der Waals surface area contributed by atoms with Gasteiger partial charge in [0.15, 0.2) is 0 Å². The van der Waals surface area contributed by atoms with Crippen molar-refractivity contribution in [2.45, 2.75) is 13.1 Å². The number of phenolic OH excluding ortho intramolecular Hbond substituents is 1. The number of rotatable bonds is 7. The Morgan fingerprint density at radius 1 is 0.780 bits per heavy atom. The van der Waals surface area contributed by atoms with Gasteiger partial charge in [-0.05, 0) is 53.1 Å². The summed E-state index contributed by atoms with van der Waals surface area (Å²) in [6.07, 6.45) is 7.03. The lowest BCUT2D eigenvalue weighted by molar-refractivity contribution is 0.469. The lowest BCUT2D eigenvalue weighted by Gasteiger charge is -2.07. The number of H-pyrrole nitrogens is 2. The van der Waals surface area contributed by atoms with E-state index in [9.17, 15) is 9.50 Å². The molecule has 0 aliphatic rings. The summed E-state index contributed by atoms with van der Waals surface area (Å²) in [7, 11) is 0. The van der Waals surface area contributed by atoms with Crippen LogP contribution in [0.4, 0.5) is 4.39 Å². The first kappa shape index (κ1) is 24.6. The van der Waals surface area contributed by atoms with E-state index in [4.69, 9.17) is 4.98 Å². The number of aromatic nitrogens is 6. The number of phenols is 1. The van der Waals surface area contributed by atoms with Crippen LogP contribution >= 0.6 is 0 Å². The van der Waals surface area contributed by atoms with Gasteiger partial charge >= 0.3 is 0 Å². The van der Waals surface area contributed by atoms with Crippen molar-refractivity contribution in [3.8, 4) is 39.5 Å². The molecule has 0 aliphatic heterocycles. The fourth-order valence-corrected chi connectivity index (χ4v) is 5.06. The van der Waals surface area contributed by atoms with Gasteiger partial charge in [-0.1, -0.05) is 30.3 Å². The average Bonchev–Trinajstić information content (AvgIpc) is 3.61. The minimum Gasteiger partial charge on any atom is -0.508 e. The molecule has 0 radical (unpaired) electrons. The van der Waals surface area contributed by atoms with Gasteiger partial charge in [-0.2, -0.15) is 5.10 Å². The van der Waals surface area contributed by atoms with Crippen molar-refractivity contribution in [3.63, 3.8) is 0 Å². The second-order valence-corrected chi connectivity index (χ2v) is 9.87. The molecule has 200 valence electrons. The second-order valence-electron chi connectivity index (χ2n) is 9.87. The molecule has 5 aromatic heterocycles. The minimum atomic E-state index is -0.520. The van der Waals surface area contributed by atoms with E-state index in [1.54, 1.807) is 12.4 Å². The van der Waals surface area contributed by atoms with Gasteiger partial charge in [-0.25, -0.2) is 9.37 Å². The second kappa shape index (κ2) is 10.3. The normalized spacial score (nSPS) is 11.4. The number of aromatic amines is 2. The maximum atomic E-state index is 14.0. The van der Waals surface area contributed by atoms with Gasteiger partial charge in [-0.15, -0.1) is 0 Å². The zero-order chi connectivity index (χ0) is 27.8. The Bertz CT molecular complexity index is 2000. The van der Waals surface area contributed by atoms with Crippen LogP contribution in [0.5, 0.6) is 5.75 Å². The van der Waals surface area contributed by atoms with Crippen molar-refractivity contribution in [1.29, 1.82) is 0 Å². The van der Waals surface area contributed by atoms with Crippen molar-refractivity contribution in [2.75, 3.05) is 0 Å². The fraction of sp³-hybridized carbons (Fsp3) is 0.0625. The number of halogens is 1. The number of benzene rings is 2. The summed E-state index contributed by atoms with van der Waals surface area (Å²) in [5.74, 6) is -0.665. The molecule has 0 atom stereocenters. The summed E-state index contributed by atoms with van der Waals surface area (Å²) in [4.78, 5) is 17.1. The van der Waals surface area contributed by atoms with Gasteiger partial charge in [-0.3, -0.25) is 15.1 Å². The van der Waals surface area contributed by atoms with Crippen LogP contribution < -0.4 is 5.32 Å². The number of hydrogen-bond acceptors (Lipinski definition) is 6. The third-order valence-electron chi connectivity index (χ3n) is 6.99. The summed E-state index contributed by atoms with van der Waals surface area (Å²) >= 11 is 0. The molecule has 4 N–H and O–H groups in total. The predicted molar refractivity (Wildman–Crippen MR) is 156 cm³/mol. The SMILES string of the molecule is Oc1cc(F)cc(-c2cncc3[nH]c(-c4n[nH]c5ccc(-c6cncc(CNCc7ccccc7)c6)nc45)cc23)c1. The van der Waals surface area contributed by atoms with Gasteiger partial charge in [0.05, 0.1) is 28.6 Å². The highest BCUT2D eigenvalue weighted by molar-refractivity contribution is 6.00. The third-order valence-corrected chi connectivity index (χ3v) is 6.99. The lowest BCUT2D eigenvalue weighted by Crippen LogP contribution is -2.12. The summed E-state index contributed by atoms with van der Waals surface area (Å²) in [6.45, 7) is 1.46. The molecule has 0 saturated heterocycles. The van der Waals surface area contributed by atoms with Crippen LogP contribution in [0.15, 0.2) is 97.6 Å². The number of nitrogens with one attached hydrogen (secondary N) is 3. The molecule has 7 rings (SSSR count). The molecule has 0 aliphatic carbocycles. The Kier molecular flexibility index (Phi) is 6.18. The van der Waals surface area contributed by atoms with Crippen LogP contribution in [-0.4, -0.2) is 35.2 Å². The number of aromatic hydroxyl groups is 1. The first-order chi connectivity index (χ1) is 20.1. The highest BCUT2D eigenvalue weighted by atomic mass is 19.1. The van der Waals surface area contributed by atoms with Crippen molar-refractivity contribution < 1.29 is 9.50 Å². The van der Waals surface area contributed by atoms with Crippen LogP contribution in [0.25, 0.3) is 55.7 Å². The molecule has 7 aromatic rings. The topological polar surface area (TPSA) is 115 Å². The molecule has 8 nitrogen and oxygen atoms in total. The van der Waals surface area contributed by atoms with Gasteiger partial charge < -0.3 is 15.4 Å². The van der Waals surface area contributed by atoms with Gasteiger partial charge in [0.25, 0.3) is 0 Å². The Morgan fingerprint density at radius 3 is 2.51 bits per heavy atom. The quantitative estimate of drug-likeness (QED) is 0.187. The van der Waals surface area contributed by atoms with Crippen molar-refractivity contribution in [3.05, 3.63) is 115 Å². The van der Waals surface area contributed by atoms with E-state index in [0.717, 1.165) is 51.5 Å². The predicted octanol–water partition coefficient (Wildman–Crippen LogP) is 6.36. The molecule has 0 amide bonds. The number of pyridine rings is 3. The highest BCUT2D eigenvalue weighted by Crippen LogP contribution is 2.35. The molecule has 9 heteroatoms. The molecule has 5 heterocycles. The molecular weight excluding hydrogens is 517 g/mol. The Hall–Kier alpha value is -5.41. The molecule has 0 bridgehead atoms. The zero-order valence-corrected chi connectivity index (χ0v) is 21.8. The lowest BCUT2D eigenvalue weighted by atomic mass is 10.0. The molecule has 41 heavy (non-hydrogen) atoms. The van der Waals surface area contributed by atoms with Crippen LogP contribution in [-0.2, 0) is 13.1 Å². The van der Waals surface area contributed by atoms with Crippen molar-refractivity contribution in [2.24, 2.45) is 0 Å². The van der Waals surface area contributed by atoms with Gasteiger partial charge in [0.2, 0.25) is 0 Å². The largest absolute Gasteiger partial charge is 0.508 e. The average molecular weight is 542 g/mol. The number of hydrogen-bond donors (Lipinski definition) is 4. The Labute approximate surface area is 234 Å². The third kappa shape index (κ3) is 4.90. The first-order valence-electron chi connectivity index (χ1n) is 13.1. The first-order valence-corrected chi connectivity index (χ1v) is 13.1. The fourth-order valence-electron chi connectivity index (χ4n) is 5.06. The Morgan fingerprint density at radius 2 is 1.63 bits per heavy atom. The van der Waals surface area contributed by atoms with Crippen LogP contribution in [0.2, 0.25) is 0 Å². The smallest absolute Gasteiger partial charge is 0.135 e. The molecule has 0 fully saturated rings. The molecule has 0 saturated carbocycles. The van der Waals surface area contributed by atoms with E-state index in [0.29, 0.717) is 28.9 Å². The van der Waals surface area contributed by atoms with E-state index >= 15 is 0 Å². The number of nitrogens with zero attached hydrogens (tertiary/aromatic N) is 4. The molecule has 0 spiro atoms. The van der Waals surface area contributed by atoms with Crippen LogP contribution in [0.3, 0.4) is 0 Å². The zero-order valence-electron chi connectivity index (χ0n) is 21.8. The summed E-state index contributed by atoms with van der Waals surface area (Å²) in [5.41, 5.74) is 8.86. The molecule has 2 aromatic carbocycles. The minimum absolute atomic E-state index is 0.145. The molecular formula is C32H24FN7O. The van der Waals surface area contributed by atoms with E-state index < -0.39 is 5.82 Å². The number of fused-ring (bicyclic) bond motifs is 2. The standard InChI is InChI=1S/C32H24FN7O/c33-23-9-21(10-24(41)11-23)26-17-36-18-30-25(26)12-29(37-30)32-31-28(39-40-32)7-6-27(38-31)22-8-20(15-35-16-22)14-34-13-19-4-2-1-3-5-19/h1-12,15-18,34,37,41H,13-14H2,(H,39,40). The van der Waals surface area contributed by atoms with Crippen molar-refractivity contribution in [1.82, 2.24) is 35.5 Å². The highest BCUT2D eigenvalue weighted by Gasteiger charge is 2.16. The van der Waals surface area contributed by atoms with Crippen molar-refractivity contribution >= 4 is 21.9 Å². The van der Waals surface area contributed by atoms with Gasteiger partial charge in [0.1, 0.15) is 22.8 Å². The summed E-state index contributed by atoms with van der Waals surface area (Å²) < 4.78 is 14.0. The summed E-state index contributed by atoms with van der Waals surface area (Å²) in [6, 6.07) is 22.2. The van der Waals surface area contributed by atoms with E-state index in [2.05, 4.69) is 48.7 Å².